The van der Waals surface area contributed by atoms with Crippen molar-refractivity contribution in [1.82, 2.24) is 4.90 Å². The van der Waals surface area contributed by atoms with Gasteiger partial charge >= 0.3 is 0 Å². The SMILES string of the molecule is COc1ccc2c(c1)CCCC2N(C)C(=O)CCl. The van der Waals surface area contributed by atoms with Gasteiger partial charge < -0.3 is 9.64 Å². The lowest BCUT2D eigenvalue weighted by Crippen LogP contribution is -2.34. The molecule has 0 aliphatic heterocycles. The lowest BCUT2D eigenvalue weighted by molar-refractivity contribution is -0.129. The van der Waals surface area contributed by atoms with Crippen LogP contribution in [0.25, 0.3) is 0 Å². The Hall–Kier alpha value is -1.22. The van der Waals surface area contributed by atoms with Crippen LogP contribution in [0, 0.1) is 0 Å². The van der Waals surface area contributed by atoms with Crippen molar-refractivity contribution in [2.45, 2.75) is 25.3 Å². The van der Waals surface area contributed by atoms with Gasteiger partial charge in [-0.25, -0.2) is 0 Å². The van der Waals surface area contributed by atoms with Gasteiger partial charge in [0.2, 0.25) is 5.91 Å². The first-order valence-electron chi connectivity index (χ1n) is 6.15. The summed E-state index contributed by atoms with van der Waals surface area (Å²) in [6, 6.07) is 6.23. The summed E-state index contributed by atoms with van der Waals surface area (Å²) in [5.41, 5.74) is 2.50. The van der Waals surface area contributed by atoms with Gasteiger partial charge in [0, 0.05) is 7.05 Å². The molecule has 18 heavy (non-hydrogen) atoms. The molecule has 3 nitrogen and oxygen atoms in total. The van der Waals surface area contributed by atoms with E-state index in [1.165, 1.54) is 11.1 Å². The highest BCUT2D eigenvalue weighted by Gasteiger charge is 2.26. The first-order chi connectivity index (χ1) is 8.67. The number of alkyl halides is 1. The van der Waals surface area contributed by atoms with E-state index in [4.69, 9.17) is 16.3 Å². The van der Waals surface area contributed by atoms with Crippen molar-refractivity contribution < 1.29 is 9.53 Å². The average Bonchev–Trinajstić information content (AvgIpc) is 2.44. The molecule has 0 fully saturated rings. The van der Waals surface area contributed by atoms with Crippen LogP contribution in [0.2, 0.25) is 0 Å². The maximum absolute atomic E-state index is 11.7. The van der Waals surface area contributed by atoms with Crippen LogP contribution in [-0.4, -0.2) is 30.8 Å². The highest BCUT2D eigenvalue weighted by molar-refractivity contribution is 6.27. The van der Waals surface area contributed by atoms with Gasteiger partial charge in [0.25, 0.3) is 0 Å². The Kier molecular flexibility index (Phi) is 4.12. The topological polar surface area (TPSA) is 29.5 Å². The number of nitrogens with zero attached hydrogens (tertiary/aromatic N) is 1. The van der Waals surface area contributed by atoms with Crippen LogP contribution < -0.4 is 4.74 Å². The molecule has 0 radical (unpaired) electrons. The van der Waals surface area contributed by atoms with Crippen LogP contribution in [0.4, 0.5) is 0 Å². The Bertz CT molecular complexity index is 447. The third-order valence-corrected chi connectivity index (χ3v) is 3.84. The van der Waals surface area contributed by atoms with Gasteiger partial charge in [0.15, 0.2) is 0 Å². The molecule has 1 atom stereocenters. The van der Waals surface area contributed by atoms with Gasteiger partial charge in [0.1, 0.15) is 11.6 Å². The fourth-order valence-corrected chi connectivity index (χ4v) is 2.75. The number of halogens is 1. The standard InChI is InChI=1S/C14H18ClNO2/c1-16(14(17)9-15)13-5-3-4-10-8-11(18-2)6-7-12(10)13/h6-8,13H,3-5,9H2,1-2H3. The van der Waals surface area contributed by atoms with E-state index in [9.17, 15) is 4.79 Å². The van der Waals surface area contributed by atoms with E-state index in [1.807, 2.05) is 13.1 Å². The molecule has 0 saturated carbocycles. The molecule has 1 aliphatic rings. The van der Waals surface area contributed by atoms with E-state index in [0.717, 1.165) is 25.0 Å². The van der Waals surface area contributed by atoms with E-state index in [1.54, 1.807) is 12.0 Å². The third kappa shape index (κ3) is 2.46. The smallest absolute Gasteiger partial charge is 0.237 e. The van der Waals surface area contributed by atoms with Crippen molar-refractivity contribution in [2.24, 2.45) is 0 Å². The van der Waals surface area contributed by atoms with Crippen molar-refractivity contribution in [2.75, 3.05) is 20.0 Å². The second kappa shape index (κ2) is 5.61. The second-order valence-corrected chi connectivity index (χ2v) is 4.88. The molecule has 0 spiro atoms. The molecule has 0 bridgehead atoms. The van der Waals surface area contributed by atoms with E-state index in [2.05, 4.69) is 12.1 Å². The Morgan fingerprint density at radius 1 is 1.56 bits per heavy atom. The largest absolute Gasteiger partial charge is 0.497 e. The zero-order valence-electron chi connectivity index (χ0n) is 10.8. The molecule has 1 aliphatic carbocycles. The Labute approximate surface area is 113 Å². The van der Waals surface area contributed by atoms with Gasteiger partial charge in [-0.15, -0.1) is 11.6 Å². The van der Waals surface area contributed by atoms with Gasteiger partial charge in [-0.05, 0) is 42.5 Å². The number of amides is 1. The molecule has 1 aromatic rings. The number of carbonyl (C=O) groups is 1. The number of aryl methyl sites for hydroxylation is 1. The minimum Gasteiger partial charge on any atom is -0.497 e. The number of ether oxygens (including phenoxy) is 1. The minimum absolute atomic E-state index is 0.0228. The summed E-state index contributed by atoms with van der Waals surface area (Å²) in [5.74, 6) is 0.893. The summed E-state index contributed by atoms with van der Waals surface area (Å²) < 4.78 is 5.24. The van der Waals surface area contributed by atoms with Crippen molar-refractivity contribution >= 4 is 17.5 Å². The lowest BCUT2D eigenvalue weighted by atomic mass is 9.87. The zero-order chi connectivity index (χ0) is 13.1. The van der Waals surface area contributed by atoms with Crippen molar-refractivity contribution in [1.29, 1.82) is 0 Å². The fraction of sp³-hybridized carbons (Fsp3) is 0.500. The van der Waals surface area contributed by atoms with Crippen LogP contribution in [0.5, 0.6) is 5.75 Å². The molecule has 0 heterocycles. The highest BCUT2D eigenvalue weighted by Crippen LogP contribution is 2.35. The summed E-state index contributed by atoms with van der Waals surface area (Å²) in [5, 5.41) is 0. The first kappa shape index (κ1) is 13.2. The van der Waals surface area contributed by atoms with Crippen molar-refractivity contribution in [3.05, 3.63) is 29.3 Å². The van der Waals surface area contributed by atoms with Gasteiger partial charge in [-0.1, -0.05) is 6.07 Å². The monoisotopic (exact) mass is 267 g/mol. The lowest BCUT2D eigenvalue weighted by Gasteiger charge is -2.33. The summed E-state index contributed by atoms with van der Waals surface area (Å²) in [4.78, 5) is 13.5. The predicted octanol–water partition coefficient (Wildman–Crippen LogP) is 2.77. The molecule has 1 unspecified atom stereocenters. The summed E-state index contributed by atoms with van der Waals surface area (Å²) in [6.45, 7) is 0. The van der Waals surface area contributed by atoms with Crippen molar-refractivity contribution in [3.63, 3.8) is 0 Å². The number of hydrogen-bond acceptors (Lipinski definition) is 2. The average molecular weight is 268 g/mol. The minimum atomic E-state index is -0.0228. The van der Waals surface area contributed by atoms with E-state index in [-0.39, 0.29) is 17.8 Å². The molecule has 2 rings (SSSR count). The van der Waals surface area contributed by atoms with E-state index < -0.39 is 0 Å². The number of benzene rings is 1. The maximum atomic E-state index is 11.7. The molecule has 98 valence electrons. The number of hydrogen-bond donors (Lipinski definition) is 0. The first-order valence-corrected chi connectivity index (χ1v) is 6.69. The number of fused-ring (bicyclic) bond motifs is 1. The third-order valence-electron chi connectivity index (χ3n) is 3.61. The van der Waals surface area contributed by atoms with Crippen molar-refractivity contribution in [3.8, 4) is 5.75 Å². The normalized spacial score (nSPS) is 18.1. The number of methoxy groups -OCH3 is 1. The Balaban J connectivity index is 2.30. The molecule has 0 aromatic heterocycles. The molecule has 1 amide bonds. The van der Waals surface area contributed by atoms with Crippen LogP contribution >= 0.6 is 11.6 Å². The van der Waals surface area contributed by atoms with E-state index in [0.29, 0.717) is 0 Å². The maximum Gasteiger partial charge on any atom is 0.237 e. The zero-order valence-corrected chi connectivity index (χ0v) is 11.5. The Morgan fingerprint density at radius 2 is 2.33 bits per heavy atom. The van der Waals surface area contributed by atoms with Gasteiger partial charge in [0.05, 0.1) is 13.2 Å². The van der Waals surface area contributed by atoms with Crippen LogP contribution in [0.15, 0.2) is 18.2 Å². The molecular weight excluding hydrogens is 250 g/mol. The fourth-order valence-electron chi connectivity index (χ4n) is 2.56. The number of rotatable bonds is 3. The molecular formula is C14H18ClNO2. The van der Waals surface area contributed by atoms with Gasteiger partial charge in [-0.3, -0.25) is 4.79 Å². The van der Waals surface area contributed by atoms with Crippen LogP contribution in [0.3, 0.4) is 0 Å². The molecule has 1 aromatic carbocycles. The van der Waals surface area contributed by atoms with Gasteiger partial charge in [-0.2, -0.15) is 0 Å². The summed E-state index contributed by atoms with van der Waals surface area (Å²) in [6.07, 6.45) is 3.13. The highest BCUT2D eigenvalue weighted by atomic mass is 35.5. The molecule has 0 N–H and O–H groups in total. The predicted molar refractivity (Wildman–Crippen MR) is 72.2 cm³/mol. The van der Waals surface area contributed by atoms with Crippen LogP contribution in [0.1, 0.15) is 30.0 Å². The molecule has 0 saturated heterocycles. The van der Waals surface area contributed by atoms with E-state index >= 15 is 0 Å². The Morgan fingerprint density at radius 3 is 3.00 bits per heavy atom. The quantitative estimate of drug-likeness (QED) is 0.788. The number of carbonyl (C=O) groups excluding carboxylic acids is 1. The summed E-state index contributed by atoms with van der Waals surface area (Å²) >= 11 is 5.63. The second-order valence-electron chi connectivity index (χ2n) is 4.61. The molecule has 4 heteroatoms. The van der Waals surface area contributed by atoms with Crippen LogP contribution in [-0.2, 0) is 11.2 Å². The summed E-state index contributed by atoms with van der Waals surface area (Å²) in [7, 11) is 3.50.